The summed E-state index contributed by atoms with van der Waals surface area (Å²) < 4.78 is 29.1. The van der Waals surface area contributed by atoms with Crippen LogP contribution < -0.4 is 5.32 Å². The largest absolute Gasteiger partial charge is 0.465 e. The number of esters is 1. The average molecular weight is 459 g/mol. The molecule has 1 amide bonds. The maximum absolute atomic E-state index is 12.2. The lowest BCUT2D eigenvalue weighted by atomic mass is 10.1. The van der Waals surface area contributed by atoms with Crippen molar-refractivity contribution in [2.24, 2.45) is 0 Å². The van der Waals surface area contributed by atoms with Gasteiger partial charge in [-0.3, -0.25) is 4.79 Å². The van der Waals surface area contributed by atoms with Crippen LogP contribution in [0, 0.1) is 0 Å². The Hall–Kier alpha value is -3.04. The molecule has 0 saturated carbocycles. The van der Waals surface area contributed by atoms with E-state index in [1.807, 2.05) is 6.07 Å². The standard InChI is InChI=1S/C22H22N2O5S2/c1-29-21(26)18-11-9-17(10-12-18)19-14-30-22(23-19)24-20(25)8-5-13-31(27,28)15-16-6-3-2-4-7-16/h2-4,6-7,9-12,14H,5,8,13,15H2,1H3,(H,23,24,25). The molecule has 3 rings (SSSR count). The summed E-state index contributed by atoms with van der Waals surface area (Å²) >= 11 is 1.28. The van der Waals surface area contributed by atoms with E-state index in [0.29, 0.717) is 16.4 Å². The van der Waals surface area contributed by atoms with Gasteiger partial charge in [-0.1, -0.05) is 42.5 Å². The second-order valence-corrected chi connectivity index (χ2v) is 9.88. The number of sulfone groups is 1. The van der Waals surface area contributed by atoms with E-state index in [9.17, 15) is 18.0 Å². The molecule has 0 aliphatic rings. The number of nitrogens with zero attached hydrogens (tertiary/aromatic N) is 1. The smallest absolute Gasteiger partial charge is 0.337 e. The van der Waals surface area contributed by atoms with E-state index in [4.69, 9.17) is 0 Å². The van der Waals surface area contributed by atoms with Crippen LogP contribution in [0.1, 0.15) is 28.8 Å². The Morgan fingerprint density at radius 1 is 1.06 bits per heavy atom. The van der Waals surface area contributed by atoms with Gasteiger partial charge in [-0.15, -0.1) is 11.3 Å². The minimum atomic E-state index is -3.27. The molecule has 162 valence electrons. The van der Waals surface area contributed by atoms with Gasteiger partial charge in [-0.25, -0.2) is 18.2 Å². The summed E-state index contributed by atoms with van der Waals surface area (Å²) in [6, 6.07) is 15.8. The van der Waals surface area contributed by atoms with Crippen molar-refractivity contribution >= 4 is 38.2 Å². The van der Waals surface area contributed by atoms with Gasteiger partial charge in [-0.2, -0.15) is 0 Å². The molecule has 1 N–H and O–H groups in total. The van der Waals surface area contributed by atoms with Crippen molar-refractivity contribution in [1.82, 2.24) is 4.98 Å². The molecule has 0 radical (unpaired) electrons. The van der Waals surface area contributed by atoms with Crippen LogP contribution in [0.3, 0.4) is 0 Å². The van der Waals surface area contributed by atoms with E-state index in [-0.39, 0.29) is 30.3 Å². The SMILES string of the molecule is COC(=O)c1ccc(-c2csc(NC(=O)CCCS(=O)(=O)Cc3ccccc3)n2)cc1. The van der Waals surface area contributed by atoms with Crippen LogP contribution in [-0.2, 0) is 25.1 Å². The molecule has 2 aromatic carbocycles. The van der Waals surface area contributed by atoms with Crippen molar-refractivity contribution < 1.29 is 22.7 Å². The van der Waals surface area contributed by atoms with Crippen molar-refractivity contribution in [2.75, 3.05) is 18.2 Å². The molecule has 0 aliphatic carbocycles. The molecule has 1 heterocycles. The monoisotopic (exact) mass is 458 g/mol. The van der Waals surface area contributed by atoms with Gasteiger partial charge in [0.25, 0.3) is 0 Å². The summed E-state index contributed by atoms with van der Waals surface area (Å²) in [5.41, 5.74) is 2.65. The maximum Gasteiger partial charge on any atom is 0.337 e. The third-order valence-electron chi connectivity index (χ3n) is 4.44. The van der Waals surface area contributed by atoms with Gasteiger partial charge in [0.15, 0.2) is 15.0 Å². The fourth-order valence-corrected chi connectivity index (χ4v) is 5.06. The summed E-state index contributed by atoms with van der Waals surface area (Å²) in [6.07, 6.45) is 0.338. The van der Waals surface area contributed by atoms with Crippen molar-refractivity contribution in [3.8, 4) is 11.3 Å². The van der Waals surface area contributed by atoms with Crippen LogP contribution in [0.25, 0.3) is 11.3 Å². The van der Waals surface area contributed by atoms with E-state index in [2.05, 4.69) is 15.0 Å². The molecule has 0 fully saturated rings. The summed E-state index contributed by atoms with van der Waals surface area (Å²) in [7, 11) is -1.95. The minimum Gasteiger partial charge on any atom is -0.465 e. The fourth-order valence-electron chi connectivity index (χ4n) is 2.89. The molecule has 0 unspecified atom stereocenters. The number of anilines is 1. The van der Waals surface area contributed by atoms with Gasteiger partial charge < -0.3 is 10.1 Å². The Morgan fingerprint density at radius 2 is 1.77 bits per heavy atom. The topological polar surface area (TPSA) is 102 Å². The van der Waals surface area contributed by atoms with E-state index in [1.165, 1.54) is 18.4 Å². The molecule has 0 atom stereocenters. The molecule has 0 aliphatic heterocycles. The lowest BCUT2D eigenvalue weighted by Crippen LogP contribution is -2.15. The Bertz CT molecular complexity index is 1140. The quantitative estimate of drug-likeness (QED) is 0.488. The number of hydrogen-bond acceptors (Lipinski definition) is 7. The average Bonchev–Trinajstić information content (AvgIpc) is 3.22. The van der Waals surface area contributed by atoms with Gasteiger partial charge in [-0.05, 0) is 24.1 Å². The number of thiazole rings is 1. The molecule has 31 heavy (non-hydrogen) atoms. The summed E-state index contributed by atoms with van der Waals surface area (Å²) in [5.74, 6) is -0.772. The first-order valence-corrected chi connectivity index (χ1v) is 12.2. The third kappa shape index (κ3) is 6.73. The molecule has 1 aromatic heterocycles. The summed E-state index contributed by atoms with van der Waals surface area (Å²) in [4.78, 5) is 28.0. The molecule has 0 bridgehead atoms. The molecular formula is C22H22N2O5S2. The number of benzene rings is 2. The van der Waals surface area contributed by atoms with Gasteiger partial charge in [0.05, 0.1) is 29.9 Å². The van der Waals surface area contributed by atoms with E-state index in [0.717, 1.165) is 11.1 Å². The number of nitrogens with one attached hydrogen (secondary N) is 1. The van der Waals surface area contributed by atoms with Gasteiger partial charge in [0.1, 0.15) is 0 Å². The number of aromatic nitrogens is 1. The van der Waals surface area contributed by atoms with Crippen LogP contribution in [-0.4, -0.2) is 38.1 Å². The Labute approximate surface area is 185 Å². The number of rotatable bonds is 9. The second-order valence-electron chi connectivity index (χ2n) is 6.84. The van der Waals surface area contributed by atoms with Crippen molar-refractivity contribution in [1.29, 1.82) is 0 Å². The van der Waals surface area contributed by atoms with E-state index in [1.54, 1.807) is 53.9 Å². The highest BCUT2D eigenvalue weighted by atomic mass is 32.2. The normalized spacial score (nSPS) is 11.1. The highest BCUT2D eigenvalue weighted by Crippen LogP contribution is 2.25. The first-order chi connectivity index (χ1) is 14.9. The van der Waals surface area contributed by atoms with Crippen molar-refractivity contribution in [2.45, 2.75) is 18.6 Å². The van der Waals surface area contributed by atoms with Crippen molar-refractivity contribution in [3.63, 3.8) is 0 Å². The van der Waals surface area contributed by atoms with E-state index >= 15 is 0 Å². The number of methoxy groups -OCH3 is 1. The summed E-state index contributed by atoms with van der Waals surface area (Å²) in [5, 5.41) is 4.94. The van der Waals surface area contributed by atoms with Gasteiger partial charge in [0, 0.05) is 17.4 Å². The zero-order valence-corrected chi connectivity index (χ0v) is 18.5. The number of ether oxygens (including phenoxy) is 1. The highest BCUT2D eigenvalue weighted by molar-refractivity contribution is 7.90. The zero-order chi connectivity index (χ0) is 22.3. The van der Waals surface area contributed by atoms with Crippen molar-refractivity contribution in [3.05, 3.63) is 71.1 Å². The molecule has 0 spiro atoms. The van der Waals surface area contributed by atoms with Crippen LogP contribution in [0.15, 0.2) is 60.0 Å². The number of carbonyl (C=O) groups excluding carboxylic acids is 2. The molecule has 9 heteroatoms. The first-order valence-electron chi connectivity index (χ1n) is 9.55. The van der Waals surface area contributed by atoms with Crippen LogP contribution in [0.5, 0.6) is 0 Å². The predicted molar refractivity (Wildman–Crippen MR) is 121 cm³/mol. The van der Waals surface area contributed by atoms with Crippen LogP contribution in [0.2, 0.25) is 0 Å². The number of hydrogen-bond donors (Lipinski definition) is 1. The number of amides is 1. The lowest BCUT2D eigenvalue weighted by molar-refractivity contribution is -0.116. The predicted octanol–water partition coefficient (Wildman–Crippen LogP) is 3.93. The Morgan fingerprint density at radius 3 is 2.45 bits per heavy atom. The number of carbonyl (C=O) groups is 2. The lowest BCUT2D eigenvalue weighted by Gasteiger charge is -2.05. The minimum absolute atomic E-state index is 0.0277. The molecule has 0 saturated heterocycles. The molecular weight excluding hydrogens is 436 g/mol. The fraction of sp³-hybridized carbons (Fsp3) is 0.227. The Balaban J connectivity index is 1.49. The Kier molecular flexibility index (Phi) is 7.54. The summed E-state index contributed by atoms with van der Waals surface area (Å²) in [6.45, 7) is 0. The first kappa shape index (κ1) is 22.6. The van der Waals surface area contributed by atoms with Crippen LogP contribution >= 0.6 is 11.3 Å². The molecule has 7 nitrogen and oxygen atoms in total. The highest BCUT2D eigenvalue weighted by Gasteiger charge is 2.14. The third-order valence-corrected chi connectivity index (χ3v) is 6.88. The van der Waals surface area contributed by atoms with Crippen LogP contribution in [0.4, 0.5) is 5.13 Å². The van der Waals surface area contributed by atoms with Gasteiger partial charge in [0.2, 0.25) is 5.91 Å². The second kappa shape index (κ2) is 10.3. The molecule has 3 aromatic rings. The zero-order valence-electron chi connectivity index (χ0n) is 16.9. The van der Waals surface area contributed by atoms with Gasteiger partial charge >= 0.3 is 5.97 Å². The van der Waals surface area contributed by atoms with E-state index < -0.39 is 15.8 Å². The maximum atomic E-state index is 12.2.